The van der Waals surface area contributed by atoms with Gasteiger partial charge in [0.05, 0.1) is 38.1 Å². The van der Waals surface area contributed by atoms with E-state index in [1.54, 1.807) is 21.3 Å². The van der Waals surface area contributed by atoms with Crippen molar-refractivity contribution in [1.82, 2.24) is 0 Å². The monoisotopic (exact) mass is 293 g/mol. The number of nitrogens with zero attached hydrogens (tertiary/aromatic N) is 1. The van der Waals surface area contributed by atoms with Crippen LogP contribution in [0.5, 0.6) is 17.2 Å². The summed E-state index contributed by atoms with van der Waals surface area (Å²) in [4.78, 5) is 14.3. The number of esters is 1. The van der Waals surface area contributed by atoms with Crippen LogP contribution in [-0.4, -0.2) is 40.4 Å². The number of cyclic esters (lactones) is 1. The number of methoxy groups -OCH3 is 3. The molecular weight excluding hydrogens is 274 g/mol. The van der Waals surface area contributed by atoms with Crippen LogP contribution in [0.3, 0.4) is 0 Å². The molecule has 114 valence electrons. The molecule has 0 unspecified atom stereocenters. The van der Waals surface area contributed by atoms with Gasteiger partial charge in [-0.3, -0.25) is 0 Å². The van der Waals surface area contributed by atoms with E-state index in [0.29, 0.717) is 22.8 Å². The zero-order valence-electron chi connectivity index (χ0n) is 12.5. The van der Waals surface area contributed by atoms with Gasteiger partial charge in [-0.1, -0.05) is 0 Å². The van der Waals surface area contributed by atoms with Crippen LogP contribution in [0.2, 0.25) is 0 Å². The zero-order chi connectivity index (χ0) is 15.0. The second-order valence-corrected chi connectivity index (χ2v) is 5.07. The highest BCUT2D eigenvalue weighted by Gasteiger charge is 2.37. The molecule has 2 heterocycles. The molecule has 1 fully saturated rings. The Hall–Kier alpha value is -2.11. The summed E-state index contributed by atoms with van der Waals surface area (Å²) in [6.45, 7) is 2.00. The molecule has 0 saturated carbocycles. The first-order valence-electron chi connectivity index (χ1n) is 6.99. The van der Waals surface area contributed by atoms with Gasteiger partial charge < -0.3 is 23.8 Å². The Balaban J connectivity index is 2.30. The van der Waals surface area contributed by atoms with Gasteiger partial charge in [0.15, 0.2) is 11.5 Å². The first-order valence-corrected chi connectivity index (χ1v) is 6.99. The van der Waals surface area contributed by atoms with Crippen LogP contribution < -0.4 is 19.1 Å². The minimum absolute atomic E-state index is 0.207. The van der Waals surface area contributed by atoms with Crippen molar-refractivity contribution in [3.8, 4) is 17.2 Å². The molecule has 3 rings (SSSR count). The van der Waals surface area contributed by atoms with Crippen LogP contribution in [0.1, 0.15) is 28.8 Å². The molecule has 21 heavy (non-hydrogen) atoms. The van der Waals surface area contributed by atoms with Crippen molar-refractivity contribution in [3.05, 3.63) is 11.1 Å². The van der Waals surface area contributed by atoms with Crippen molar-refractivity contribution in [3.63, 3.8) is 0 Å². The van der Waals surface area contributed by atoms with E-state index in [1.165, 1.54) is 0 Å². The van der Waals surface area contributed by atoms with Crippen LogP contribution in [0.25, 0.3) is 0 Å². The van der Waals surface area contributed by atoms with Gasteiger partial charge in [-0.25, -0.2) is 4.79 Å². The smallest absolute Gasteiger partial charge is 0.341 e. The predicted octanol–water partition coefficient (Wildman–Crippen LogP) is 1.98. The number of carbonyl (C=O) groups excluding carboxylic acids is 1. The van der Waals surface area contributed by atoms with Gasteiger partial charge in [0, 0.05) is 13.1 Å². The highest BCUT2D eigenvalue weighted by Crippen LogP contribution is 2.52. The maximum Gasteiger partial charge on any atom is 0.341 e. The van der Waals surface area contributed by atoms with E-state index in [4.69, 9.17) is 18.9 Å². The van der Waals surface area contributed by atoms with Gasteiger partial charge in [-0.2, -0.15) is 0 Å². The van der Waals surface area contributed by atoms with E-state index in [-0.39, 0.29) is 12.6 Å². The minimum atomic E-state index is -0.328. The molecule has 0 spiro atoms. The topological polar surface area (TPSA) is 57.2 Å². The van der Waals surface area contributed by atoms with Crippen molar-refractivity contribution in [2.45, 2.75) is 19.4 Å². The first kappa shape index (κ1) is 13.9. The van der Waals surface area contributed by atoms with Gasteiger partial charge >= 0.3 is 5.97 Å². The molecule has 1 aromatic rings. The maximum absolute atomic E-state index is 12.2. The lowest BCUT2D eigenvalue weighted by Gasteiger charge is -2.25. The van der Waals surface area contributed by atoms with Crippen LogP contribution in [-0.2, 0) is 11.3 Å². The Kier molecular flexibility index (Phi) is 3.53. The summed E-state index contributed by atoms with van der Waals surface area (Å²) in [7, 11) is 4.69. The van der Waals surface area contributed by atoms with Crippen LogP contribution in [0.15, 0.2) is 0 Å². The summed E-state index contributed by atoms with van der Waals surface area (Å²) in [5, 5.41) is 0. The van der Waals surface area contributed by atoms with Gasteiger partial charge in [0.2, 0.25) is 5.75 Å². The van der Waals surface area contributed by atoms with Gasteiger partial charge in [0.1, 0.15) is 6.61 Å². The summed E-state index contributed by atoms with van der Waals surface area (Å²) in [6.07, 6.45) is 2.20. The van der Waals surface area contributed by atoms with Crippen molar-refractivity contribution >= 4 is 11.7 Å². The molecule has 0 aromatic heterocycles. The molecular formula is C15H19NO5. The quantitative estimate of drug-likeness (QED) is 0.791. The third kappa shape index (κ3) is 1.97. The average molecular weight is 293 g/mol. The number of hydrogen-bond acceptors (Lipinski definition) is 6. The Morgan fingerprint density at radius 1 is 0.952 bits per heavy atom. The zero-order valence-corrected chi connectivity index (χ0v) is 12.5. The molecule has 1 saturated heterocycles. The lowest BCUT2D eigenvalue weighted by Crippen LogP contribution is -2.22. The first-order chi connectivity index (χ1) is 10.2. The fourth-order valence-corrected chi connectivity index (χ4v) is 3.12. The van der Waals surface area contributed by atoms with E-state index in [2.05, 4.69) is 4.90 Å². The van der Waals surface area contributed by atoms with Gasteiger partial charge in [0.25, 0.3) is 0 Å². The summed E-state index contributed by atoms with van der Waals surface area (Å²) in [5.74, 6) is 1.23. The molecule has 0 aliphatic carbocycles. The minimum Gasteiger partial charge on any atom is -0.492 e. The number of rotatable bonds is 4. The molecule has 1 aromatic carbocycles. The third-order valence-corrected chi connectivity index (χ3v) is 4.03. The third-order valence-electron chi connectivity index (χ3n) is 4.03. The SMILES string of the molecule is COc1c2c(c(N3CCCC3)c(OC)c1OC)C(=O)OC2. The standard InChI is InChI=1S/C15H19NO5/c1-18-12-9-8-21-15(17)10(9)11(16-6-4-5-7-16)13(19-2)14(12)20-3/h4-8H2,1-3H3. The fraction of sp³-hybridized carbons (Fsp3) is 0.533. The molecule has 2 aliphatic rings. The van der Waals surface area contributed by atoms with Gasteiger partial charge in [-0.15, -0.1) is 0 Å². The molecule has 2 aliphatic heterocycles. The fourth-order valence-electron chi connectivity index (χ4n) is 3.12. The lowest BCUT2D eigenvalue weighted by atomic mass is 10.0. The van der Waals surface area contributed by atoms with Gasteiger partial charge in [-0.05, 0) is 12.8 Å². The number of ether oxygens (including phenoxy) is 4. The average Bonchev–Trinajstić information content (AvgIpc) is 3.15. The second kappa shape index (κ2) is 5.35. The van der Waals surface area contributed by atoms with Crippen molar-refractivity contribution < 1.29 is 23.7 Å². The largest absolute Gasteiger partial charge is 0.492 e. The predicted molar refractivity (Wildman–Crippen MR) is 76.7 cm³/mol. The molecule has 0 bridgehead atoms. The highest BCUT2D eigenvalue weighted by molar-refractivity contribution is 6.03. The normalized spacial score (nSPS) is 16.7. The Morgan fingerprint density at radius 3 is 2.14 bits per heavy atom. The van der Waals surface area contributed by atoms with Crippen molar-refractivity contribution in [2.75, 3.05) is 39.3 Å². The number of benzene rings is 1. The Morgan fingerprint density at radius 2 is 1.57 bits per heavy atom. The van der Waals surface area contributed by atoms with Crippen molar-refractivity contribution in [1.29, 1.82) is 0 Å². The molecule has 0 amide bonds. The van der Waals surface area contributed by atoms with E-state index in [0.717, 1.165) is 37.2 Å². The van der Waals surface area contributed by atoms with E-state index in [1.807, 2.05) is 0 Å². The molecule has 0 N–H and O–H groups in total. The summed E-state index contributed by atoms with van der Waals surface area (Å²) >= 11 is 0. The summed E-state index contributed by atoms with van der Waals surface area (Å²) in [5.41, 5.74) is 2.05. The summed E-state index contributed by atoms with van der Waals surface area (Å²) in [6, 6.07) is 0. The van der Waals surface area contributed by atoms with Crippen LogP contribution in [0, 0.1) is 0 Å². The van der Waals surface area contributed by atoms with Crippen molar-refractivity contribution in [2.24, 2.45) is 0 Å². The highest BCUT2D eigenvalue weighted by atomic mass is 16.5. The van der Waals surface area contributed by atoms with Crippen LogP contribution in [0.4, 0.5) is 5.69 Å². The number of fused-ring (bicyclic) bond motifs is 1. The van der Waals surface area contributed by atoms with E-state index >= 15 is 0 Å². The number of carbonyl (C=O) groups is 1. The lowest BCUT2D eigenvalue weighted by molar-refractivity contribution is 0.0534. The number of anilines is 1. The second-order valence-electron chi connectivity index (χ2n) is 5.07. The summed E-state index contributed by atoms with van der Waals surface area (Å²) < 4.78 is 21.7. The van der Waals surface area contributed by atoms with Crippen LogP contribution >= 0.6 is 0 Å². The number of hydrogen-bond donors (Lipinski definition) is 0. The Labute approximate surface area is 123 Å². The molecule has 0 radical (unpaired) electrons. The maximum atomic E-state index is 12.2. The van der Waals surface area contributed by atoms with E-state index < -0.39 is 0 Å². The van der Waals surface area contributed by atoms with E-state index in [9.17, 15) is 4.79 Å². The Bertz CT molecular complexity index is 578. The molecule has 6 nitrogen and oxygen atoms in total. The molecule has 0 atom stereocenters. The molecule has 6 heteroatoms.